The maximum Gasteiger partial charge on any atom is 0.261 e. The molecule has 7 rings (SSSR count). The first kappa shape index (κ1) is 35.0. The van der Waals surface area contributed by atoms with Crippen molar-refractivity contribution in [3.8, 4) is 0 Å². The molecule has 49 heavy (non-hydrogen) atoms. The van der Waals surface area contributed by atoms with E-state index in [1.165, 1.54) is 22.3 Å². The second-order valence-corrected chi connectivity index (χ2v) is 25.7. The first-order valence-corrected chi connectivity index (χ1v) is 23.0. The minimum Gasteiger partial charge on any atom is -0.405 e. The molecule has 2 aliphatic heterocycles. The van der Waals surface area contributed by atoms with E-state index >= 15 is 0 Å². The van der Waals surface area contributed by atoms with E-state index in [0.29, 0.717) is 35.9 Å². The number of rotatable bonds is 9. The van der Waals surface area contributed by atoms with Gasteiger partial charge in [0.25, 0.3) is 8.32 Å². The quantitative estimate of drug-likeness (QED) is 0.108. The molecule has 0 radical (unpaired) electrons. The van der Waals surface area contributed by atoms with Gasteiger partial charge < -0.3 is 23.9 Å². The first-order chi connectivity index (χ1) is 23.3. The average Bonchev–Trinajstić information content (AvgIpc) is 3.74. The number of aromatic nitrogens is 4. The van der Waals surface area contributed by atoms with Crippen molar-refractivity contribution in [2.24, 2.45) is 5.92 Å². The summed E-state index contributed by atoms with van der Waals surface area (Å²) >= 11 is 8.05. The van der Waals surface area contributed by atoms with E-state index in [4.69, 9.17) is 35.8 Å². The molecule has 7 atom stereocenters. The maximum absolute atomic E-state index is 7.39. The zero-order chi connectivity index (χ0) is 34.6. The van der Waals surface area contributed by atoms with Gasteiger partial charge in [0.15, 0.2) is 11.5 Å². The van der Waals surface area contributed by atoms with Gasteiger partial charge in [-0.25, -0.2) is 15.0 Å². The molecule has 0 bridgehead atoms. The highest BCUT2D eigenvalue weighted by atomic mass is 32.9. The van der Waals surface area contributed by atoms with Gasteiger partial charge in [-0.05, 0) is 66.2 Å². The van der Waals surface area contributed by atoms with Gasteiger partial charge in [0.05, 0.1) is 25.1 Å². The van der Waals surface area contributed by atoms with Crippen molar-refractivity contribution in [3.05, 3.63) is 85.5 Å². The number of anilines is 1. The highest BCUT2D eigenvalue weighted by Gasteiger charge is 2.56. The van der Waals surface area contributed by atoms with Crippen LogP contribution in [0.15, 0.2) is 85.5 Å². The van der Waals surface area contributed by atoms with Crippen LogP contribution in [0.2, 0.25) is 5.04 Å². The van der Waals surface area contributed by atoms with E-state index in [1.54, 1.807) is 17.7 Å². The molecule has 2 saturated heterocycles. The summed E-state index contributed by atoms with van der Waals surface area (Å²) < 4.78 is 29.9. The normalized spacial score (nSPS) is 30.4. The van der Waals surface area contributed by atoms with Gasteiger partial charge in [0, 0.05) is 11.2 Å². The zero-order valence-corrected chi connectivity index (χ0v) is 32.3. The number of hydrogen-bond donors (Lipinski definition) is 1. The molecule has 4 heterocycles. The molecule has 1 aliphatic carbocycles. The van der Waals surface area contributed by atoms with Crippen LogP contribution in [0, 0.1) is 5.92 Å². The van der Waals surface area contributed by atoms with Gasteiger partial charge in [-0.1, -0.05) is 105 Å². The molecule has 3 aliphatic rings. The van der Waals surface area contributed by atoms with E-state index in [0.717, 1.165) is 19.3 Å². The van der Waals surface area contributed by atoms with Gasteiger partial charge >= 0.3 is 0 Å². The van der Waals surface area contributed by atoms with Crippen LogP contribution in [-0.2, 0) is 30.0 Å². The van der Waals surface area contributed by atoms with Gasteiger partial charge in [-0.2, -0.15) is 0 Å². The van der Waals surface area contributed by atoms with E-state index in [2.05, 4.69) is 117 Å². The molecular weight excluding hydrogens is 690 g/mol. The van der Waals surface area contributed by atoms with Crippen LogP contribution >= 0.6 is 17.1 Å². The van der Waals surface area contributed by atoms with Crippen molar-refractivity contribution in [3.63, 3.8) is 0 Å². The number of hydrogen-bond acceptors (Lipinski definition) is 10. The van der Waals surface area contributed by atoms with Gasteiger partial charge in [-0.15, -0.1) is 0 Å². The lowest BCUT2D eigenvalue weighted by Gasteiger charge is -2.43. The third-order valence-corrected chi connectivity index (χ3v) is 21.2. The van der Waals surface area contributed by atoms with Crippen LogP contribution in [0.5, 0.6) is 0 Å². The second kappa shape index (κ2) is 13.3. The van der Waals surface area contributed by atoms with Crippen LogP contribution in [0.25, 0.3) is 11.2 Å². The fourth-order valence-corrected chi connectivity index (χ4v) is 20.0. The number of nitrogens with zero attached hydrogens (tertiary/aromatic N) is 4. The zero-order valence-electron chi connectivity index (χ0n) is 28.8. The molecule has 0 spiro atoms. The van der Waals surface area contributed by atoms with Crippen molar-refractivity contribution < 1.29 is 18.2 Å². The molecule has 2 N–H and O–H groups in total. The van der Waals surface area contributed by atoms with E-state index in [1.807, 2.05) is 4.57 Å². The number of fused-ring (bicyclic) bond motifs is 2. The molecule has 9 nitrogen and oxygen atoms in total. The molecule has 2 aromatic carbocycles. The molecule has 1 saturated carbocycles. The summed E-state index contributed by atoms with van der Waals surface area (Å²) in [6, 6.07) is 21.3. The molecule has 0 amide bonds. The second-order valence-electron chi connectivity index (χ2n) is 14.8. The lowest BCUT2D eigenvalue weighted by atomic mass is 9.77. The molecule has 260 valence electrons. The summed E-state index contributed by atoms with van der Waals surface area (Å²) in [5.41, 5.74) is 5.79. The highest BCUT2D eigenvalue weighted by Crippen LogP contribution is 2.76. The maximum atomic E-state index is 7.39. The lowest BCUT2D eigenvalue weighted by Crippen LogP contribution is -2.67. The van der Waals surface area contributed by atoms with E-state index < -0.39 is 26.3 Å². The topological polar surface area (TPSA) is 107 Å². The Labute approximate surface area is 299 Å². The fraction of sp³-hybridized carbons (Fsp3) is 0.472. The minimum absolute atomic E-state index is 0.0287. The molecule has 2 aromatic heterocycles. The summed E-state index contributed by atoms with van der Waals surface area (Å²) in [6.07, 6.45) is 5.55. The standard InChI is InChI=1S/C36H46N5O4PS2Si/c1-24(2)25-17-18-36(6)30(19-25)45-46(47,48-36)44-28-20-31(41-23-40-32-33(37)38-22-39-34(32)41)43-29(28)21-42-49(35(3,4)5,26-13-9-7-10-14-26)27-15-11-8-12-16-27/h7-16,22-23,25,28-31H,1,17-21H2,2-6H3,(H2,37,38,39)/t25-,28+,29-,30+,31-,36+,46?/m1/s1. The Morgan fingerprint density at radius 1 is 1.10 bits per heavy atom. The number of nitrogens with two attached hydrogens (primary N) is 1. The van der Waals surface area contributed by atoms with Gasteiger partial charge in [-0.3, -0.25) is 4.57 Å². The van der Waals surface area contributed by atoms with Crippen molar-refractivity contribution in [2.75, 3.05) is 12.3 Å². The highest BCUT2D eigenvalue weighted by molar-refractivity contribution is 8.68. The number of nitrogen functional groups attached to an aromatic ring is 1. The monoisotopic (exact) mass is 735 g/mol. The van der Waals surface area contributed by atoms with Crippen LogP contribution in [0.1, 0.15) is 66.5 Å². The Hall–Kier alpha value is -2.41. The summed E-state index contributed by atoms with van der Waals surface area (Å²) in [5, 5.41) is 2.22. The Morgan fingerprint density at radius 3 is 2.41 bits per heavy atom. The summed E-state index contributed by atoms with van der Waals surface area (Å²) in [7, 11) is -2.86. The van der Waals surface area contributed by atoms with Crippen LogP contribution < -0.4 is 16.1 Å². The van der Waals surface area contributed by atoms with Crippen molar-refractivity contribution in [1.29, 1.82) is 0 Å². The first-order valence-electron chi connectivity index (χ1n) is 17.0. The number of benzene rings is 2. The summed E-state index contributed by atoms with van der Waals surface area (Å²) in [5.74, 6) is 0.771. The molecular formula is C36H46N5O4PS2Si. The van der Waals surface area contributed by atoms with Crippen LogP contribution in [0.4, 0.5) is 5.82 Å². The lowest BCUT2D eigenvalue weighted by molar-refractivity contribution is -0.0364. The predicted molar refractivity (Wildman–Crippen MR) is 204 cm³/mol. The van der Waals surface area contributed by atoms with Crippen molar-refractivity contribution in [2.45, 2.75) is 94.6 Å². The SMILES string of the molecule is C=C(C)[C@@H]1CC[C@]2(C)SP(=S)(O[C@H]3C[C@H](n4cnc5c(N)ncnc54)O[C@@H]3CO[Si](c3ccccc3)(c3ccccc3)C(C)(C)C)O[C@H]2C1. The van der Waals surface area contributed by atoms with Gasteiger partial charge in [0.2, 0.25) is 5.69 Å². The summed E-state index contributed by atoms with van der Waals surface area (Å²) in [6.45, 7) is 15.8. The number of allylic oxidation sites excluding steroid dienone is 1. The number of ether oxygens (including phenoxy) is 1. The largest absolute Gasteiger partial charge is 0.405 e. The Kier molecular flexibility index (Phi) is 9.49. The molecule has 3 fully saturated rings. The molecule has 1 unspecified atom stereocenters. The predicted octanol–water partition coefficient (Wildman–Crippen LogP) is 7.15. The Morgan fingerprint density at radius 2 is 1.78 bits per heavy atom. The van der Waals surface area contributed by atoms with Crippen molar-refractivity contribution in [1.82, 2.24) is 19.5 Å². The van der Waals surface area contributed by atoms with E-state index in [-0.39, 0.29) is 22.0 Å². The smallest absolute Gasteiger partial charge is 0.261 e. The Bertz CT molecular complexity index is 1840. The third-order valence-electron chi connectivity index (χ3n) is 10.5. The summed E-state index contributed by atoms with van der Waals surface area (Å²) in [4.78, 5) is 13.2. The fourth-order valence-electron chi connectivity index (χ4n) is 7.78. The van der Waals surface area contributed by atoms with Crippen LogP contribution in [0.3, 0.4) is 0 Å². The van der Waals surface area contributed by atoms with Crippen molar-refractivity contribution >= 4 is 64.6 Å². The van der Waals surface area contributed by atoms with E-state index in [9.17, 15) is 0 Å². The third kappa shape index (κ3) is 6.48. The Balaban J connectivity index is 1.22. The average molecular weight is 736 g/mol. The van der Waals surface area contributed by atoms with Gasteiger partial charge in [0.1, 0.15) is 24.2 Å². The molecule has 4 aromatic rings. The van der Waals surface area contributed by atoms with Crippen LogP contribution in [-0.4, -0.2) is 57.5 Å². The number of imidazole rings is 1. The minimum atomic E-state index is -2.86. The molecule has 13 heteroatoms.